The lowest BCUT2D eigenvalue weighted by atomic mass is 10.2. The first-order valence-electron chi connectivity index (χ1n) is 7.43. The third kappa shape index (κ3) is 5.39. The number of thiophene rings is 1. The Morgan fingerprint density at radius 3 is 2.21 bits per heavy atom. The Morgan fingerprint density at radius 1 is 0.958 bits per heavy atom. The maximum Gasteiger partial charge on any atom is 0.247 e. The predicted molar refractivity (Wildman–Crippen MR) is 99.5 cm³/mol. The molecule has 0 aliphatic rings. The van der Waals surface area contributed by atoms with Gasteiger partial charge in [-0.25, -0.2) is 13.6 Å². The van der Waals surface area contributed by atoms with Crippen LogP contribution in [0.3, 0.4) is 0 Å². The summed E-state index contributed by atoms with van der Waals surface area (Å²) in [5, 5.41) is 5.95. The second-order valence-corrected chi connectivity index (χ2v) is 8.71. The maximum absolute atomic E-state index is 11.5. The summed E-state index contributed by atoms with van der Waals surface area (Å²) in [4.78, 5) is 0. The molecule has 0 saturated carbocycles. The highest BCUT2D eigenvalue weighted by molar-refractivity contribution is 7.91. The van der Waals surface area contributed by atoms with Crippen molar-refractivity contribution in [1.29, 1.82) is 0 Å². The third-order valence-electron chi connectivity index (χ3n) is 3.16. The van der Waals surface area contributed by atoms with Crippen molar-refractivity contribution in [2.24, 2.45) is 5.14 Å². The lowest BCUT2D eigenvalue weighted by Gasteiger charge is -2.13. The highest BCUT2D eigenvalue weighted by Gasteiger charge is 2.16. The summed E-state index contributed by atoms with van der Waals surface area (Å²) < 4.78 is 35.4. The molecule has 0 spiro atoms. The van der Waals surface area contributed by atoms with E-state index in [1.807, 2.05) is 0 Å². The van der Waals surface area contributed by atoms with Crippen LogP contribution in [0.15, 0.2) is 22.4 Å². The number of ether oxygens (including phenoxy) is 2. The van der Waals surface area contributed by atoms with E-state index in [-0.39, 0.29) is 4.21 Å². The van der Waals surface area contributed by atoms with Gasteiger partial charge in [0.25, 0.3) is 0 Å². The van der Waals surface area contributed by atoms with Crippen LogP contribution in [0.5, 0.6) is 11.5 Å². The van der Waals surface area contributed by atoms with Crippen molar-refractivity contribution in [3.8, 4) is 11.5 Å². The molecule has 0 saturated heterocycles. The number of unbranched alkanes of at least 4 members (excludes halogenated alkanes) is 1. The van der Waals surface area contributed by atoms with Crippen molar-refractivity contribution in [1.82, 2.24) is 0 Å². The van der Waals surface area contributed by atoms with Gasteiger partial charge in [-0.05, 0) is 36.8 Å². The summed E-state index contributed by atoms with van der Waals surface area (Å²) in [5.74, 6) is 2.23. The van der Waals surface area contributed by atoms with E-state index in [4.69, 9.17) is 37.8 Å². The normalized spacial score (nSPS) is 11.8. The molecular weight excluding hydrogens is 393 g/mol. The molecule has 2 aromatic rings. The van der Waals surface area contributed by atoms with Gasteiger partial charge >= 0.3 is 0 Å². The first kappa shape index (κ1) is 19.6. The Bertz CT molecular complexity index is 777. The molecule has 0 bridgehead atoms. The molecule has 1 heterocycles. The minimum Gasteiger partial charge on any atom is -0.490 e. The van der Waals surface area contributed by atoms with Crippen LogP contribution in [-0.4, -0.2) is 33.4 Å². The molecule has 0 amide bonds. The zero-order valence-electron chi connectivity index (χ0n) is 13.0. The molecule has 0 atom stereocenters. The van der Waals surface area contributed by atoms with Gasteiger partial charge < -0.3 is 9.47 Å². The molecule has 0 unspecified atom stereocenters. The zero-order chi connectivity index (χ0) is 17.6. The van der Waals surface area contributed by atoms with Gasteiger partial charge in [0.2, 0.25) is 10.0 Å². The van der Waals surface area contributed by atoms with E-state index in [9.17, 15) is 8.42 Å². The summed E-state index contributed by atoms with van der Waals surface area (Å²) in [6.45, 7) is 0.969. The molecule has 0 fully saturated rings. The molecular formula is C15H19Cl2NO4S2. The second-order valence-electron chi connectivity index (χ2n) is 5.08. The Hall–Kier alpha value is -0.730. The van der Waals surface area contributed by atoms with Crippen LogP contribution in [0.25, 0.3) is 10.1 Å². The molecule has 5 nitrogen and oxygen atoms in total. The molecule has 134 valence electrons. The van der Waals surface area contributed by atoms with Gasteiger partial charge in [-0.1, -0.05) is 0 Å². The summed E-state index contributed by atoms with van der Waals surface area (Å²) in [5.41, 5.74) is 0. The van der Waals surface area contributed by atoms with Crippen LogP contribution >= 0.6 is 34.5 Å². The van der Waals surface area contributed by atoms with Gasteiger partial charge in [0.05, 0.1) is 13.2 Å². The Kier molecular flexibility index (Phi) is 7.43. The van der Waals surface area contributed by atoms with Crippen molar-refractivity contribution in [3.05, 3.63) is 18.2 Å². The Morgan fingerprint density at radius 2 is 1.58 bits per heavy atom. The van der Waals surface area contributed by atoms with Crippen LogP contribution in [0.2, 0.25) is 0 Å². The first-order chi connectivity index (χ1) is 11.5. The fourth-order valence-electron chi connectivity index (χ4n) is 2.00. The van der Waals surface area contributed by atoms with E-state index in [0.717, 1.165) is 34.3 Å². The molecule has 0 aliphatic carbocycles. The van der Waals surface area contributed by atoms with Crippen LogP contribution in [0, 0.1) is 0 Å². The molecule has 0 radical (unpaired) electrons. The van der Waals surface area contributed by atoms with Crippen molar-refractivity contribution in [2.45, 2.75) is 23.5 Å². The molecule has 1 aromatic carbocycles. The number of sulfonamides is 1. The number of rotatable bonds is 10. The van der Waals surface area contributed by atoms with Crippen molar-refractivity contribution in [3.63, 3.8) is 0 Å². The van der Waals surface area contributed by atoms with E-state index < -0.39 is 10.0 Å². The summed E-state index contributed by atoms with van der Waals surface area (Å²) >= 11 is 12.4. The van der Waals surface area contributed by atoms with E-state index in [1.54, 1.807) is 18.2 Å². The molecule has 0 aliphatic heterocycles. The number of hydrogen-bond donors (Lipinski definition) is 1. The van der Waals surface area contributed by atoms with Crippen molar-refractivity contribution >= 4 is 54.6 Å². The molecule has 9 heteroatoms. The summed E-state index contributed by atoms with van der Waals surface area (Å²) in [6.07, 6.45) is 2.40. The second kappa shape index (κ2) is 9.10. The minimum atomic E-state index is -3.73. The zero-order valence-corrected chi connectivity index (χ0v) is 16.1. The average Bonchev–Trinajstić information content (AvgIpc) is 2.95. The Labute approximate surface area is 155 Å². The van der Waals surface area contributed by atoms with Crippen LogP contribution in [0.4, 0.5) is 0 Å². The maximum atomic E-state index is 11.5. The van der Waals surface area contributed by atoms with Crippen LogP contribution in [0.1, 0.15) is 19.3 Å². The number of hydrogen-bond acceptors (Lipinski definition) is 5. The fourth-order valence-corrected chi connectivity index (χ4v) is 4.13. The van der Waals surface area contributed by atoms with Gasteiger partial charge in [-0.15, -0.1) is 34.5 Å². The van der Waals surface area contributed by atoms with Crippen LogP contribution in [-0.2, 0) is 10.0 Å². The highest BCUT2D eigenvalue weighted by Crippen LogP contribution is 2.38. The summed E-state index contributed by atoms with van der Waals surface area (Å²) in [6, 6.07) is 5.10. The number of nitrogens with two attached hydrogens (primary N) is 1. The number of primary sulfonamides is 1. The Balaban J connectivity index is 2.29. The number of fused-ring (bicyclic) bond motifs is 1. The van der Waals surface area contributed by atoms with Gasteiger partial charge in [0.15, 0.2) is 11.5 Å². The van der Waals surface area contributed by atoms with Gasteiger partial charge in [0.1, 0.15) is 4.21 Å². The molecule has 24 heavy (non-hydrogen) atoms. The van der Waals surface area contributed by atoms with E-state index in [0.29, 0.717) is 42.9 Å². The van der Waals surface area contributed by atoms with Crippen molar-refractivity contribution < 1.29 is 17.9 Å². The molecule has 2 rings (SSSR count). The van der Waals surface area contributed by atoms with Gasteiger partial charge in [-0.3, -0.25) is 0 Å². The lowest BCUT2D eigenvalue weighted by molar-refractivity contribution is 0.266. The van der Waals surface area contributed by atoms with Crippen molar-refractivity contribution in [2.75, 3.05) is 25.0 Å². The highest BCUT2D eigenvalue weighted by atomic mass is 35.5. The average molecular weight is 412 g/mol. The third-order valence-corrected chi connectivity index (χ3v) is 6.21. The lowest BCUT2D eigenvalue weighted by Crippen LogP contribution is -2.09. The summed E-state index contributed by atoms with van der Waals surface area (Å²) in [7, 11) is -3.73. The smallest absolute Gasteiger partial charge is 0.247 e. The largest absolute Gasteiger partial charge is 0.490 e. The quantitative estimate of drug-likeness (QED) is 0.473. The standard InChI is InChI=1S/C15H19Cl2NO4S2/c16-4-1-2-6-21-13-10-14-11(8-12(13)22-7-3-5-17)9-15(23-14)24(18,19)20/h8-10H,1-7H2,(H2,18,19,20). The SMILES string of the molecule is NS(=O)(=O)c1cc2cc(OCCCCl)c(OCCCCCl)cc2s1. The predicted octanol–water partition coefficient (Wildman–Crippen LogP) is 3.95. The van der Waals surface area contributed by atoms with Gasteiger partial charge in [0, 0.05) is 22.5 Å². The minimum absolute atomic E-state index is 0.114. The number of benzene rings is 1. The number of halogens is 2. The number of alkyl halides is 2. The molecule has 2 N–H and O–H groups in total. The van der Waals surface area contributed by atoms with E-state index >= 15 is 0 Å². The van der Waals surface area contributed by atoms with Gasteiger partial charge in [-0.2, -0.15) is 0 Å². The van der Waals surface area contributed by atoms with Crippen LogP contribution < -0.4 is 14.6 Å². The van der Waals surface area contributed by atoms with E-state index in [2.05, 4.69) is 0 Å². The monoisotopic (exact) mass is 411 g/mol. The fraction of sp³-hybridized carbons (Fsp3) is 0.467. The van der Waals surface area contributed by atoms with E-state index in [1.165, 1.54) is 0 Å². The first-order valence-corrected chi connectivity index (χ1v) is 10.9. The molecule has 1 aromatic heterocycles. The topological polar surface area (TPSA) is 78.6 Å².